The lowest BCUT2D eigenvalue weighted by Gasteiger charge is -2.27. The van der Waals surface area contributed by atoms with Crippen LogP contribution in [0.5, 0.6) is 0 Å². The van der Waals surface area contributed by atoms with Crippen molar-refractivity contribution in [3.8, 4) is 0 Å². The van der Waals surface area contributed by atoms with E-state index in [4.69, 9.17) is 5.11 Å². The molecule has 0 saturated carbocycles. The SMILES string of the molecule is CC(C)(CO)C(O)C(=O)NCCCCCC(=O)[O-]. The standard InChI is InChI=1S/C12H23NO5/c1-12(2,8-14)10(17)11(18)13-7-5-3-4-6-9(15)16/h10,14,17H,3-8H2,1-2H3,(H,13,18)(H,15,16)/p-1. The van der Waals surface area contributed by atoms with Gasteiger partial charge in [-0.15, -0.1) is 0 Å². The Hall–Kier alpha value is -1.14. The van der Waals surface area contributed by atoms with Crippen molar-refractivity contribution in [3.05, 3.63) is 0 Å². The van der Waals surface area contributed by atoms with E-state index in [-0.39, 0.29) is 13.0 Å². The molecule has 0 aliphatic heterocycles. The molecule has 0 heterocycles. The molecule has 6 nitrogen and oxygen atoms in total. The van der Waals surface area contributed by atoms with Crippen molar-refractivity contribution in [2.45, 2.75) is 45.6 Å². The summed E-state index contributed by atoms with van der Waals surface area (Å²) in [7, 11) is 0. The lowest BCUT2D eigenvalue weighted by molar-refractivity contribution is -0.305. The van der Waals surface area contributed by atoms with Crippen molar-refractivity contribution in [2.24, 2.45) is 5.41 Å². The number of nitrogens with one attached hydrogen (secondary N) is 1. The van der Waals surface area contributed by atoms with Gasteiger partial charge in [0.1, 0.15) is 6.10 Å². The Morgan fingerprint density at radius 2 is 1.89 bits per heavy atom. The molecule has 1 atom stereocenters. The first-order valence-electron chi connectivity index (χ1n) is 6.07. The Kier molecular flexibility index (Phi) is 7.54. The largest absolute Gasteiger partial charge is 0.550 e. The van der Waals surface area contributed by atoms with E-state index >= 15 is 0 Å². The van der Waals surface area contributed by atoms with Crippen molar-refractivity contribution < 1.29 is 24.9 Å². The average molecular weight is 260 g/mol. The van der Waals surface area contributed by atoms with Gasteiger partial charge in [-0.3, -0.25) is 4.79 Å². The molecule has 0 aliphatic carbocycles. The molecule has 0 aromatic carbocycles. The molecule has 0 bridgehead atoms. The van der Waals surface area contributed by atoms with Gasteiger partial charge in [-0.2, -0.15) is 0 Å². The highest BCUT2D eigenvalue weighted by Gasteiger charge is 2.32. The molecule has 0 saturated heterocycles. The van der Waals surface area contributed by atoms with Crippen LogP contribution in [0.1, 0.15) is 39.5 Å². The minimum absolute atomic E-state index is 0.0219. The molecule has 3 N–H and O–H groups in total. The van der Waals surface area contributed by atoms with Crippen LogP contribution in [0.25, 0.3) is 0 Å². The Morgan fingerprint density at radius 1 is 1.28 bits per heavy atom. The first-order chi connectivity index (χ1) is 8.31. The first kappa shape index (κ1) is 16.9. The Morgan fingerprint density at radius 3 is 2.39 bits per heavy atom. The lowest BCUT2D eigenvalue weighted by atomic mass is 9.87. The van der Waals surface area contributed by atoms with E-state index in [0.29, 0.717) is 25.8 Å². The summed E-state index contributed by atoms with van der Waals surface area (Å²) < 4.78 is 0. The summed E-state index contributed by atoms with van der Waals surface area (Å²) in [4.78, 5) is 21.6. The molecule has 6 heteroatoms. The van der Waals surface area contributed by atoms with Gasteiger partial charge in [-0.1, -0.05) is 20.3 Å². The van der Waals surface area contributed by atoms with E-state index in [1.54, 1.807) is 13.8 Å². The molecule has 0 aromatic rings. The second-order valence-corrected chi connectivity index (χ2v) is 5.02. The van der Waals surface area contributed by atoms with Crippen LogP contribution in [0.15, 0.2) is 0 Å². The fourth-order valence-corrected chi connectivity index (χ4v) is 1.32. The quantitative estimate of drug-likeness (QED) is 0.451. The van der Waals surface area contributed by atoms with Crippen LogP contribution in [0.3, 0.4) is 0 Å². The molecule has 0 aromatic heterocycles. The van der Waals surface area contributed by atoms with Crippen LogP contribution in [-0.2, 0) is 9.59 Å². The average Bonchev–Trinajstić information content (AvgIpc) is 2.31. The number of aliphatic hydroxyl groups excluding tert-OH is 2. The summed E-state index contributed by atoms with van der Waals surface area (Å²) in [5.74, 6) is -1.59. The molecule has 0 radical (unpaired) electrons. The van der Waals surface area contributed by atoms with Crippen molar-refractivity contribution >= 4 is 11.9 Å². The van der Waals surface area contributed by atoms with Gasteiger partial charge >= 0.3 is 0 Å². The van der Waals surface area contributed by atoms with Crippen LogP contribution >= 0.6 is 0 Å². The maximum Gasteiger partial charge on any atom is 0.249 e. The number of amides is 1. The van der Waals surface area contributed by atoms with Gasteiger partial charge in [0, 0.05) is 17.9 Å². The summed E-state index contributed by atoms with van der Waals surface area (Å²) in [6.07, 6.45) is 0.599. The predicted molar refractivity (Wildman–Crippen MR) is 63.4 cm³/mol. The summed E-state index contributed by atoms with van der Waals surface area (Å²) in [5, 5.41) is 31.4. The molecule has 106 valence electrons. The highest BCUT2D eigenvalue weighted by atomic mass is 16.4. The predicted octanol–water partition coefficient (Wildman–Crippen LogP) is -1.21. The number of unbranched alkanes of at least 4 members (excludes halogenated alkanes) is 2. The maximum absolute atomic E-state index is 11.5. The second-order valence-electron chi connectivity index (χ2n) is 5.02. The number of carboxylic acid groups (broad SMARTS) is 1. The zero-order valence-corrected chi connectivity index (χ0v) is 10.9. The van der Waals surface area contributed by atoms with Crippen molar-refractivity contribution in [3.63, 3.8) is 0 Å². The minimum atomic E-state index is -1.26. The van der Waals surface area contributed by atoms with E-state index in [0.717, 1.165) is 0 Å². The topological polar surface area (TPSA) is 110 Å². The smallest absolute Gasteiger partial charge is 0.249 e. The van der Waals surface area contributed by atoms with E-state index < -0.39 is 23.4 Å². The minimum Gasteiger partial charge on any atom is -0.550 e. The number of carbonyl (C=O) groups is 2. The number of aliphatic hydroxyl groups is 2. The zero-order chi connectivity index (χ0) is 14.2. The summed E-state index contributed by atoms with van der Waals surface area (Å²) in [6, 6.07) is 0. The Balaban J connectivity index is 3.74. The van der Waals surface area contributed by atoms with Crippen molar-refractivity contribution in [1.29, 1.82) is 0 Å². The van der Waals surface area contributed by atoms with E-state index in [1.165, 1.54) is 0 Å². The maximum atomic E-state index is 11.5. The van der Waals surface area contributed by atoms with Gasteiger partial charge in [-0.05, 0) is 19.3 Å². The van der Waals surface area contributed by atoms with Gasteiger partial charge in [0.2, 0.25) is 5.91 Å². The third-order valence-electron chi connectivity index (χ3n) is 2.75. The van der Waals surface area contributed by atoms with Crippen LogP contribution in [0.2, 0.25) is 0 Å². The van der Waals surface area contributed by atoms with Gasteiger partial charge in [0.15, 0.2) is 0 Å². The van der Waals surface area contributed by atoms with Gasteiger partial charge in [0.25, 0.3) is 0 Å². The Bertz CT molecular complexity index is 278. The molecular formula is C12H22NO5-. The van der Waals surface area contributed by atoms with E-state index in [9.17, 15) is 19.8 Å². The molecule has 0 aliphatic rings. The molecule has 1 amide bonds. The monoisotopic (exact) mass is 260 g/mol. The van der Waals surface area contributed by atoms with Crippen LogP contribution in [0.4, 0.5) is 0 Å². The van der Waals surface area contributed by atoms with Gasteiger partial charge < -0.3 is 25.4 Å². The summed E-state index contributed by atoms with van der Waals surface area (Å²) in [6.45, 7) is 3.28. The van der Waals surface area contributed by atoms with Crippen LogP contribution < -0.4 is 10.4 Å². The van der Waals surface area contributed by atoms with Crippen molar-refractivity contribution in [1.82, 2.24) is 5.32 Å². The first-order valence-corrected chi connectivity index (χ1v) is 6.07. The molecule has 0 fully saturated rings. The summed E-state index contributed by atoms with van der Waals surface area (Å²) in [5.41, 5.74) is -0.876. The fraction of sp³-hybridized carbons (Fsp3) is 0.833. The molecule has 0 rings (SSSR count). The van der Waals surface area contributed by atoms with Crippen LogP contribution in [-0.4, -0.2) is 41.3 Å². The normalized spacial score (nSPS) is 13.1. The van der Waals surface area contributed by atoms with Gasteiger partial charge in [0.05, 0.1) is 6.61 Å². The fourth-order valence-electron chi connectivity index (χ4n) is 1.32. The Labute approximate surface area is 107 Å². The number of aliphatic carboxylic acids is 1. The third kappa shape index (κ3) is 6.56. The summed E-state index contributed by atoms with van der Waals surface area (Å²) >= 11 is 0. The highest BCUT2D eigenvalue weighted by Crippen LogP contribution is 2.19. The molecule has 1 unspecified atom stereocenters. The number of hydrogen-bond donors (Lipinski definition) is 3. The molecule has 0 spiro atoms. The number of carbonyl (C=O) groups excluding carboxylic acids is 2. The molecular weight excluding hydrogens is 238 g/mol. The van der Waals surface area contributed by atoms with Crippen molar-refractivity contribution in [2.75, 3.05) is 13.2 Å². The molecule has 18 heavy (non-hydrogen) atoms. The third-order valence-corrected chi connectivity index (χ3v) is 2.75. The lowest BCUT2D eigenvalue weighted by Crippen LogP contribution is -2.45. The van der Waals surface area contributed by atoms with E-state index in [1.807, 2.05) is 0 Å². The number of carboxylic acids is 1. The van der Waals surface area contributed by atoms with Crippen LogP contribution in [0, 0.1) is 5.41 Å². The highest BCUT2D eigenvalue weighted by molar-refractivity contribution is 5.81. The number of hydrogen-bond acceptors (Lipinski definition) is 5. The number of rotatable bonds is 9. The van der Waals surface area contributed by atoms with E-state index in [2.05, 4.69) is 5.32 Å². The van der Waals surface area contributed by atoms with Gasteiger partial charge in [-0.25, -0.2) is 0 Å². The second kappa shape index (κ2) is 8.05. The zero-order valence-electron chi connectivity index (χ0n) is 10.9.